The highest BCUT2D eigenvalue weighted by molar-refractivity contribution is 7.99. The van der Waals surface area contributed by atoms with E-state index in [0.29, 0.717) is 30.3 Å². The number of carbonyl (C=O) groups excluding carboxylic acids is 1. The molecular weight excluding hydrogens is 286 g/mol. The molecule has 0 spiro atoms. The highest BCUT2D eigenvalue weighted by atomic mass is 32.2. The molecule has 0 amide bonds. The normalized spacial score (nSPS) is 16.4. The smallest absolute Gasteiger partial charge is 0.184 e. The number of nitrogens with zero attached hydrogens (tertiary/aromatic N) is 3. The van der Waals surface area contributed by atoms with Gasteiger partial charge in [-0.3, -0.25) is 9.48 Å². The number of ketones is 1. The van der Waals surface area contributed by atoms with Crippen molar-refractivity contribution in [1.29, 1.82) is 0 Å². The van der Waals surface area contributed by atoms with Gasteiger partial charge >= 0.3 is 0 Å². The van der Waals surface area contributed by atoms with E-state index in [4.69, 9.17) is 4.74 Å². The van der Waals surface area contributed by atoms with Crippen molar-refractivity contribution in [2.75, 3.05) is 39.3 Å². The second-order valence-electron chi connectivity index (χ2n) is 5.77. The molecular formula is C15H25N3O2S. The van der Waals surface area contributed by atoms with Gasteiger partial charge in [-0.25, -0.2) is 0 Å². The molecule has 1 aliphatic rings. The first-order chi connectivity index (χ1) is 10.1. The molecule has 6 heteroatoms. The number of likely N-dealkylation sites (N-methyl/N-ethyl adjacent to an activating group) is 1. The molecule has 1 fully saturated rings. The molecule has 0 aliphatic carbocycles. The maximum absolute atomic E-state index is 12.7. The number of aromatic nitrogens is 2. The minimum Gasteiger partial charge on any atom is -0.493 e. The zero-order chi connectivity index (χ0) is 15.2. The van der Waals surface area contributed by atoms with Crippen LogP contribution in [0.5, 0.6) is 5.75 Å². The van der Waals surface area contributed by atoms with E-state index >= 15 is 0 Å². The topological polar surface area (TPSA) is 47.4 Å². The molecule has 1 aromatic heterocycles. The highest BCUT2D eigenvalue weighted by Gasteiger charge is 2.24. The molecule has 1 aromatic rings. The van der Waals surface area contributed by atoms with E-state index < -0.39 is 0 Å². The lowest BCUT2D eigenvalue weighted by atomic mass is 9.95. The minimum atomic E-state index is 0.167. The van der Waals surface area contributed by atoms with Crippen molar-refractivity contribution in [2.45, 2.75) is 25.8 Å². The maximum Gasteiger partial charge on any atom is 0.184 e. The van der Waals surface area contributed by atoms with E-state index in [1.54, 1.807) is 18.0 Å². The third kappa shape index (κ3) is 4.48. The third-order valence-electron chi connectivity index (χ3n) is 3.86. The fraction of sp³-hybridized carbons (Fsp3) is 0.733. The largest absolute Gasteiger partial charge is 0.493 e. The Morgan fingerprint density at radius 2 is 2.19 bits per heavy atom. The predicted molar refractivity (Wildman–Crippen MR) is 86.3 cm³/mol. The first-order valence-electron chi connectivity index (χ1n) is 7.47. The number of hydrogen-bond donors (Lipinski definition) is 0. The van der Waals surface area contributed by atoms with Gasteiger partial charge in [0, 0.05) is 13.0 Å². The summed E-state index contributed by atoms with van der Waals surface area (Å²) < 4.78 is 7.11. The van der Waals surface area contributed by atoms with Crippen LogP contribution in [0.2, 0.25) is 0 Å². The average molecular weight is 311 g/mol. The summed E-state index contributed by atoms with van der Waals surface area (Å²) in [6.45, 7) is 1.56. The fourth-order valence-corrected chi connectivity index (χ4v) is 3.78. The van der Waals surface area contributed by atoms with Crippen LogP contribution in [-0.4, -0.2) is 59.7 Å². The molecule has 5 nitrogen and oxygen atoms in total. The van der Waals surface area contributed by atoms with Gasteiger partial charge in [-0.05, 0) is 44.4 Å². The number of Topliss-reactive ketones (excluding diaryl/α,β-unsaturated/α-hetero) is 1. The Hall–Kier alpha value is -1.01. The molecule has 2 heterocycles. The quantitative estimate of drug-likeness (QED) is 0.722. The Bertz CT molecular complexity index is 467. The minimum absolute atomic E-state index is 0.167. The molecule has 1 saturated heterocycles. The van der Waals surface area contributed by atoms with Gasteiger partial charge < -0.3 is 9.64 Å². The standard InChI is InChI=1S/C15H25N3O2S/c1-17(2)6-7-18-15(14(20-3)11-16-18)13(19)10-12-4-8-21-9-5-12/h11-12H,4-10H2,1-3H3. The van der Waals surface area contributed by atoms with Crippen LogP contribution in [0.1, 0.15) is 29.8 Å². The Labute approximate surface area is 131 Å². The molecule has 0 N–H and O–H groups in total. The van der Waals surface area contributed by atoms with Gasteiger partial charge in [-0.1, -0.05) is 0 Å². The summed E-state index contributed by atoms with van der Waals surface area (Å²) in [5.41, 5.74) is 0.637. The number of thioether (sulfide) groups is 1. The summed E-state index contributed by atoms with van der Waals surface area (Å²) in [5, 5.41) is 4.31. The van der Waals surface area contributed by atoms with Crippen molar-refractivity contribution in [3.8, 4) is 5.75 Å². The van der Waals surface area contributed by atoms with Gasteiger partial charge in [-0.15, -0.1) is 0 Å². The fourth-order valence-electron chi connectivity index (χ4n) is 2.57. The number of ether oxygens (including phenoxy) is 1. The molecule has 0 unspecified atom stereocenters. The van der Waals surface area contributed by atoms with Crippen LogP contribution >= 0.6 is 11.8 Å². The van der Waals surface area contributed by atoms with Gasteiger partial charge in [-0.2, -0.15) is 16.9 Å². The molecule has 0 bridgehead atoms. The van der Waals surface area contributed by atoms with Crippen LogP contribution in [0.25, 0.3) is 0 Å². The Kier molecular flexibility index (Phi) is 6.11. The highest BCUT2D eigenvalue weighted by Crippen LogP contribution is 2.28. The summed E-state index contributed by atoms with van der Waals surface area (Å²) in [6.07, 6.45) is 4.55. The van der Waals surface area contributed by atoms with Crippen molar-refractivity contribution in [1.82, 2.24) is 14.7 Å². The molecule has 1 aliphatic heterocycles. The van der Waals surface area contributed by atoms with Gasteiger partial charge in [0.2, 0.25) is 0 Å². The Morgan fingerprint density at radius 1 is 1.48 bits per heavy atom. The summed E-state index contributed by atoms with van der Waals surface area (Å²) in [5.74, 6) is 3.63. The van der Waals surface area contributed by atoms with Gasteiger partial charge in [0.05, 0.1) is 19.9 Å². The molecule has 0 atom stereocenters. The zero-order valence-electron chi connectivity index (χ0n) is 13.2. The van der Waals surface area contributed by atoms with E-state index in [1.165, 1.54) is 11.5 Å². The molecule has 118 valence electrons. The second kappa shape index (κ2) is 7.84. The maximum atomic E-state index is 12.7. The van der Waals surface area contributed by atoms with E-state index in [0.717, 1.165) is 19.4 Å². The van der Waals surface area contributed by atoms with Crippen molar-refractivity contribution >= 4 is 17.5 Å². The number of carbonyl (C=O) groups is 1. The van der Waals surface area contributed by atoms with Gasteiger partial charge in [0.1, 0.15) is 5.69 Å². The van der Waals surface area contributed by atoms with E-state index in [-0.39, 0.29) is 5.78 Å². The third-order valence-corrected chi connectivity index (χ3v) is 4.91. The van der Waals surface area contributed by atoms with Crippen LogP contribution < -0.4 is 4.74 Å². The van der Waals surface area contributed by atoms with E-state index in [9.17, 15) is 4.79 Å². The molecule has 0 saturated carbocycles. The summed E-state index contributed by atoms with van der Waals surface area (Å²) >= 11 is 1.99. The SMILES string of the molecule is COc1cnn(CCN(C)C)c1C(=O)CC1CCSCC1. The number of hydrogen-bond acceptors (Lipinski definition) is 5. The summed E-state index contributed by atoms with van der Waals surface area (Å²) in [7, 11) is 5.63. The Balaban J connectivity index is 2.07. The zero-order valence-corrected chi connectivity index (χ0v) is 14.0. The number of methoxy groups -OCH3 is 1. The number of rotatable bonds is 7. The van der Waals surface area contributed by atoms with Gasteiger partial charge in [0.15, 0.2) is 11.5 Å². The van der Waals surface area contributed by atoms with Crippen molar-refractivity contribution in [3.63, 3.8) is 0 Å². The molecule has 2 rings (SSSR count). The summed E-state index contributed by atoms with van der Waals surface area (Å²) in [6, 6.07) is 0. The van der Waals surface area contributed by atoms with Crippen molar-refractivity contribution < 1.29 is 9.53 Å². The second-order valence-corrected chi connectivity index (χ2v) is 7.00. The molecule has 0 radical (unpaired) electrons. The first-order valence-corrected chi connectivity index (χ1v) is 8.62. The van der Waals surface area contributed by atoms with E-state index in [1.807, 2.05) is 25.9 Å². The lowest BCUT2D eigenvalue weighted by Crippen LogP contribution is -2.23. The van der Waals surface area contributed by atoms with Crippen LogP contribution in [-0.2, 0) is 6.54 Å². The Morgan fingerprint density at radius 3 is 2.81 bits per heavy atom. The van der Waals surface area contributed by atoms with E-state index in [2.05, 4.69) is 10.00 Å². The molecule has 0 aromatic carbocycles. The predicted octanol–water partition coefficient (Wildman–Crippen LogP) is 2.17. The molecule has 21 heavy (non-hydrogen) atoms. The van der Waals surface area contributed by atoms with Crippen LogP contribution in [0.15, 0.2) is 6.20 Å². The van der Waals surface area contributed by atoms with Crippen LogP contribution in [0, 0.1) is 5.92 Å². The van der Waals surface area contributed by atoms with Gasteiger partial charge in [0.25, 0.3) is 0 Å². The average Bonchev–Trinajstić information content (AvgIpc) is 2.89. The summed E-state index contributed by atoms with van der Waals surface area (Å²) in [4.78, 5) is 14.7. The van der Waals surface area contributed by atoms with Crippen LogP contribution in [0.3, 0.4) is 0 Å². The lowest BCUT2D eigenvalue weighted by Gasteiger charge is -2.21. The van der Waals surface area contributed by atoms with Crippen molar-refractivity contribution in [2.24, 2.45) is 5.92 Å². The van der Waals surface area contributed by atoms with Crippen molar-refractivity contribution in [3.05, 3.63) is 11.9 Å². The van der Waals surface area contributed by atoms with Crippen LogP contribution in [0.4, 0.5) is 0 Å². The lowest BCUT2D eigenvalue weighted by molar-refractivity contribution is 0.0944. The monoisotopic (exact) mass is 311 g/mol. The first kappa shape index (κ1) is 16.4.